The van der Waals surface area contributed by atoms with Crippen molar-refractivity contribution in [2.45, 2.75) is 55.0 Å². The highest BCUT2D eigenvalue weighted by Gasteiger charge is 2.50. The van der Waals surface area contributed by atoms with Gasteiger partial charge in [-0.2, -0.15) is 0 Å². The molecule has 5 unspecified atom stereocenters. The Bertz CT molecular complexity index is 549. The van der Waals surface area contributed by atoms with Crippen LogP contribution in [0.3, 0.4) is 0 Å². The highest BCUT2D eigenvalue weighted by Crippen LogP contribution is 2.50. The maximum atomic E-state index is 12.8. The molecule has 0 aromatic carbocycles. The lowest BCUT2D eigenvalue weighted by Gasteiger charge is -2.41. The summed E-state index contributed by atoms with van der Waals surface area (Å²) in [7, 11) is 0. The minimum atomic E-state index is -1.29. The van der Waals surface area contributed by atoms with Gasteiger partial charge in [0.25, 0.3) is 0 Å². The number of fused-ring (bicyclic) bond motifs is 1. The topological polar surface area (TPSA) is 37.4 Å². The lowest BCUT2D eigenvalue weighted by molar-refractivity contribution is -0.133. The zero-order valence-electron chi connectivity index (χ0n) is 14.5. The van der Waals surface area contributed by atoms with Crippen LogP contribution in [-0.2, 0) is 9.59 Å². The van der Waals surface area contributed by atoms with Crippen LogP contribution in [0.15, 0.2) is 12.2 Å². The summed E-state index contributed by atoms with van der Waals surface area (Å²) in [4.78, 5) is 25.5. The molecule has 25 heavy (non-hydrogen) atoms. The van der Waals surface area contributed by atoms with E-state index in [9.17, 15) is 9.59 Å². The van der Waals surface area contributed by atoms with Gasteiger partial charge in [0, 0.05) is 11.2 Å². The number of alkyl halides is 3. The second-order valence-corrected chi connectivity index (χ2v) is 11.3. The van der Waals surface area contributed by atoms with Gasteiger partial charge in [-0.25, -0.2) is 4.31 Å². The SMILES string of the molecule is CC(C)C1CCC(C(Cl)(Cl)Cl)CC1SN1C(=O)C2CC=CCC2C1=O. The molecule has 2 amide bonds. The average molecular weight is 425 g/mol. The molecule has 140 valence electrons. The molecule has 3 aliphatic rings. The molecule has 0 N–H and O–H groups in total. The molecule has 0 aromatic rings. The molecule has 3 nitrogen and oxygen atoms in total. The number of nitrogens with zero attached hydrogens (tertiary/aromatic N) is 1. The maximum Gasteiger partial charge on any atom is 0.243 e. The predicted octanol–water partition coefficient (Wildman–Crippen LogP) is 5.40. The number of hydrogen-bond acceptors (Lipinski definition) is 3. The first-order valence-electron chi connectivity index (χ1n) is 8.96. The number of allylic oxidation sites excluding steroid dienone is 2. The third kappa shape index (κ3) is 4.02. The van der Waals surface area contributed by atoms with Gasteiger partial charge in [-0.15, -0.1) is 0 Å². The van der Waals surface area contributed by atoms with Gasteiger partial charge < -0.3 is 0 Å². The summed E-state index contributed by atoms with van der Waals surface area (Å²) in [5.41, 5.74) is 0. The number of carbonyl (C=O) groups is 2. The van der Waals surface area contributed by atoms with Crippen LogP contribution < -0.4 is 0 Å². The largest absolute Gasteiger partial charge is 0.273 e. The van der Waals surface area contributed by atoms with E-state index in [0.29, 0.717) is 31.1 Å². The quantitative estimate of drug-likeness (QED) is 0.263. The van der Waals surface area contributed by atoms with Crippen LogP contribution in [0.25, 0.3) is 0 Å². The summed E-state index contributed by atoms with van der Waals surface area (Å²) in [6.45, 7) is 4.37. The van der Waals surface area contributed by atoms with Crippen LogP contribution in [0.2, 0.25) is 0 Å². The van der Waals surface area contributed by atoms with E-state index >= 15 is 0 Å². The maximum absolute atomic E-state index is 12.8. The Labute approximate surface area is 168 Å². The Hall–Kier alpha value is 0.1000. The van der Waals surface area contributed by atoms with Crippen LogP contribution in [0.4, 0.5) is 0 Å². The van der Waals surface area contributed by atoms with Crippen LogP contribution in [0.5, 0.6) is 0 Å². The minimum Gasteiger partial charge on any atom is -0.273 e. The average Bonchev–Trinajstić information content (AvgIpc) is 2.79. The Morgan fingerprint density at radius 2 is 1.64 bits per heavy atom. The first kappa shape index (κ1) is 19.9. The van der Waals surface area contributed by atoms with Crippen molar-refractivity contribution in [2.75, 3.05) is 0 Å². The second kappa shape index (κ2) is 7.61. The van der Waals surface area contributed by atoms with E-state index in [1.807, 2.05) is 12.2 Å². The van der Waals surface area contributed by atoms with E-state index < -0.39 is 3.79 Å². The van der Waals surface area contributed by atoms with Gasteiger partial charge >= 0.3 is 0 Å². The lowest BCUT2D eigenvalue weighted by atomic mass is 9.77. The predicted molar refractivity (Wildman–Crippen MR) is 105 cm³/mol. The van der Waals surface area contributed by atoms with Crippen molar-refractivity contribution in [1.82, 2.24) is 4.31 Å². The summed E-state index contributed by atoms with van der Waals surface area (Å²) in [6.07, 6.45) is 7.90. The number of rotatable bonds is 3. The number of amides is 2. The van der Waals surface area contributed by atoms with E-state index in [1.165, 1.54) is 16.3 Å². The van der Waals surface area contributed by atoms with Gasteiger partial charge in [0.15, 0.2) is 3.79 Å². The highest BCUT2D eigenvalue weighted by atomic mass is 35.6. The fraction of sp³-hybridized carbons (Fsp3) is 0.778. The molecule has 0 bridgehead atoms. The van der Waals surface area contributed by atoms with Gasteiger partial charge in [-0.05, 0) is 55.9 Å². The molecule has 1 aliphatic heterocycles. The summed E-state index contributed by atoms with van der Waals surface area (Å²) in [5.74, 6) is 0.387. The fourth-order valence-electron chi connectivity index (χ4n) is 4.34. The number of halogens is 3. The molecule has 1 heterocycles. The van der Waals surface area contributed by atoms with Crippen LogP contribution in [0.1, 0.15) is 46.0 Å². The molecule has 0 aromatic heterocycles. The number of carbonyl (C=O) groups excluding carboxylic acids is 2. The third-order valence-electron chi connectivity index (χ3n) is 5.87. The zero-order chi connectivity index (χ0) is 18.4. The smallest absolute Gasteiger partial charge is 0.243 e. The third-order valence-corrected chi connectivity index (χ3v) is 8.18. The molecule has 0 spiro atoms. The second-order valence-electron chi connectivity index (χ2n) is 7.73. The van der Waals surface area contributed by atoms with Crippen molar-refractivity contribution in [1.29, 1.82) is 0 Å². The van der Waals surface area contributed by atoms with Crippen LogP contribution >= 0.6 is 46.8 Å². The fourth-order valence-corrected chi connectivity index (χ4v) is 6.61. The molecular formula is C18H24Cl3NO2S. The van der Waals surface area contributed by atoms with Crippen molar-refractivity contribution >= 4 is 58.6 Å². The van der Waals surface area contributed by atoms with Crippen molar-refractivity contribution in [3.8, 4) is 0 Å². The summed E-state index contributed by atoms with van der Waals surface area (Å²) >= 11 is 19.8. The van der Waals surface area contributed by atoms with Crippen molar-refractivity contribution < 1.29 is 9.59 Å². The Morgan fingerprint density at radius 1 is 1.08 bits per heavy atom. The van der Waals surface area contributed by atoms with Gasteiger partial charge in [0.1, 0.15) is 0 Å². The van der Waals surface area contributed by atoms with Gasteiger partial charge in [-0.1, -0.05) is 60.8 Å². The summed E-state index contributed by atoms with van der Waals surface area (Å²) in [6, 6.07) is 0. The van der Waals surface area contributed by atoms with Crippen LogP contribution in [0, 0.1) is 29.6 Å². The molecule has 2 fully saturated rings. The van der Waals surface area contributed by atoms with E-state index in [4.69, 9.17) is 34.8 Å². The summed E-state index contributed by atoms with van der Waals surface area (Å²) in [5, 5.41) is 0.121. The van der Waals surface area contributed by atoms with Crippen molar-refractivity contribution in [3.05, 3.63) is 12.2 Å². The Balaban J connectivity index is 1.76. The summed E-state index contributed by atoms with van der Waals surface area (Å²) < 4.78 is 0.140. The molecule has 3 rings (SSSR count). The lowest BCUT2D eigenvalue weighted by Crippen LogP contribution is -2.38. The standard InChI is InChI=1S/C18H24Cl3NO2S/c1-10(2)12-8-7-11(18(19,20)21)9-15(12)25-22-16(23)13-5-3-4-6-14(13)17(22)24/h3-4,10-15H,5-9H2,1-2H3. The molecular weight excluding hydrogens is 401 g/mol. The monoisotopic (exact) mass is 423 g/mol. The van der Waals surface area contributed by atoms with E-state index in [-0.39, 0.29) is 34.8 Å². The Kier molecular flexibility index (Phi) is 6.04. The van der Waals surface area contributed by atoms with Gasteiger partial charge in [0.05, 0.1) is 11.8 Å². The van der Waals surface area contributed by atoms with Gasteiger partial charge in [-0.3, -0.25) is 9.59 Å². The van der Waals surface area contributed by atoms with Crippen LogP contribution in [-0.4, -0.2) is 25.2 Å². The van der Waals surface area contributed by atoms with Crippen molar-refractivity contribution in [2.24, 2.45) is 29.6 Å². The first-order chi connectivity index (χ1) is 11.7. The minimum absolute atomic E-state index is 0.0390. The number of imide groups is 1. The molecule has 1 saturated heterocycles. The molecule has 1 saturated carbocycles. The van der Waals surface area contributed by atoms with E-state index in [2.05, 4.69) is 13.8 Å². The molecule has 2 aliphatic carbocycles. The van der Waals surface area contributed by atoms with Gasteiger partial charge in [0.2, 0.25) is 11.8 Å². The van der Waals surface area contributed by atoms with E-state index in [0.717, 1.165) is 12.8 Å². The highest BCUT2D eigenvalue weighted by molar-refractivity contribution is 7.98. The molecule has 0 radical (unpaired) electrons. The number of hydrogen-bond donors (Lipinski definition) is 0. The Morgan fingerprint density at radius 3 is 2.12 bits per heavy atom. The molecule has 5 atom stereocenters. The zero-order valence-corrected chi connectivity index (χ0v) is 17.5. The first-order valence-corrected chi connectivity index (χ1v) is 10.9. The van der Waals surface area contributed by atoms with E-state index in [1.54, 1.807) is 0 Å². The normalized spacial score (nSPS) is 36.2. The van der Waals surface area contributed by atoms with Crippen molar-refractivity contribution in [3.63, 3.8) is 0 Å². The molecule has 7 heteroatoms.